The molecule has 0 bridgehead atoms. The molecule has 1 aliphatic heterocycles. The van der Waals surface area contributed by atoms with E-state index < -0.39 is 0 Å². The maximum Gasteiger partial charge on any atom is 0.242 e. The number of halogens is 2. The zero-order valence-corrected chi connectivity index (χ0v) is 16.0. The van der Waals surface area contributed by atoms with E-state index in [2.05, 4.69) is 16.8 Å². The van der Waals surface area contributed by atoms with Gasteiger partial charge in [-0.25, -0.2) is 0 Å². The summed E-state index contributed by atoms with van der Waals surface area (Å²) in [4.78, 5) is 14.3. The zero-order valence-electron chi connectivity index (χ0n) is 13.6. The van der Waals surface area contributed by atoms with Gasteiger partial charge in [0.05, 0.1) is 17.7 Å². The number of nitrogens with zero attached hydrogens (tertiary/aromatic N) is 3. The Morgan fingerprint density at radius 2 is 2.19 bits per heavy atom. The van der Waals surface area contributed by atoms with E-state index >= 15 is 0 Å². The molecule has 1 aromatic carbocycles. The van der Waals surface area contributed by atoms with E-state index in [1.165, 1.54) is 18.0 Å². The van der Waals surface area contributed by atoms with E-state index in [9.17, 15) is 4.79 Å². The van der Waals surface area contributed by atoms with E-state index in [1.807, 2.05) is 0 Å². The van der Waals surface area contributed by atoms with E-state index in [-0.39, 0.29) is 11.2 Å². The zero-order chi connectivity index (χ0) is 18.5. The summed E-state index contributed by atoms with van der Waals surface area (Å²) >= 11 is 13.6. The van der Waals surface area contributed by atoms with Crippen molar-refractivity contribution in [1.29, 1.82) is 0 Å². The van der Waals surface area contributed by atoms with E-state index in [0.29, 0.717) is 33.9 Å². The van der Waals surface area contributed by atoms with Crippen molar-refractivity contribution in [1.82, 2.24) is 4.90 Å². The summed E-state index contributed by atoms with van der Waals surface area (Å²) < 4.78 is 5.17. The summed E-state index contributed by atoms with van der Waals surface area (Å²) in [6, 6.07) is 8.75. The molecule has 0 N–H and O–H groups in total. The van der Waals surface area contributed by atoms with Crippen LogP contribution in [0.5, 0.6) is 0 Å². The highest BCUT2D eigenvalue weighted by Gasteiger charge is 2.37. The number of amides is 1. The highest BCUT2D eigenvalue weighted by molar-refractivity contribution is 8.15. The van der Waals surface area contributed by atoms with E-state index in [1.54, 1.807) is 47.6 Å². The molecule has 1 aromatic heterocycles. The predicted octanol–water partition coefficient (Wildman–Crippen LogP) is 4.65. The van der Waals surface area contributed by atoms with Gasteiger partial charge in [-0.1, -0.05) is 41.0 Å². The number of hydrogen-bond donors (Lipinski definition) is 0. The molecule has 0 radical (unpaired) electrons. The second kappa shape index (κ2) is 8.58. The van der Waals surface area contributed by atoms with Gasteiger partial charge in [0.25, 0.3) is 0 Å². The molecule has 5 nitrogen and oxygen atoms in total. The van der Waals surface area contributed by atoms with Gasteiger partial charge < -0.3 is 4.42 Å². The van der Waals surface area contributed by atoms with Crippen LogP contribution in [0.3, 0.4) is 0 Å². The van der Waals surface area contributed by atoms with Crippen molar-refractivity contribution in [2.45, 2.75) is 11.7 Å². The molecule has 0 spiro atoms. The van der Waals surface area contributed by atoms with Crippen molar-refractivity contribution < 1.29 is 9.21 Å². The van der Waals surface area contributed by atoms with Crippen LogP contribution in [0.1, 0.15) is 11.3 Å². The van der Waals surface area contributed by atoms with Crippen molar-refractivity contribution >= 4 is 52.3 Å². The van der Waals surface area contributed by atoms with Crippen molar-refractivity contribution in [3.63, 3.8) is 0 Å². The lowest BCUT2D eigenvalue weighted by Crippen LogP contribution is -2.32. The number of benzene rings is 1. The van der Waals surface area contributed by atoms with Crippen LogP contribution in [0.25, 0.3) is 0 Å². The molecule has 1 fully saturated rings. The van der Waals surface area contributed by atoms with Crippen LogP contribution in [0, 0.1) is 0 Å². The SMILES string of the molecule is C=CCN1C(=O)C(Cc2cc(Cl)ccc2Cl)SC1=NN=Cc1ccco1. The molecule has 2 aromatic rings. The van der Waals surface area contributed by atoms with E-state index in [4.69, 9.17) is 27.6 Å². The highest BCUT2D eigenvalue weighted by Crippen LogP contribution is 2.32. The molecule has 1 saturated heterocycles. The molecular weight excluding hydrogens is 393 g/mol. The number of furan rings is 1. The van der Waals surface area contributed by atoms with Gasteiger partial charge >= 0.3 is 0 Å². The predicted molar refractivity (Wildman–Crippen MR) is 107 cm³/mol. The third-order valence-electron chi connectivity index (χ3n) is 3.62. The molecule has 1 unspecified atom stereocenters. The maximum atomic E-state index is 12.7. The summed E-state index contributed by atoms with van der Waals surface area (Å²) in [5.74, 6) is 0.527. The normalized spacial score (nSPS) is 19.0. The molecule has 26 heavy (non-hydrogen) atoms. The Labute approximate surface area is 165 Å². The number of carbonyl (C=O) groups is 1. The Bertz CT molecular complexity index is 865. The van der Waals surface area contributed by atoms with Crippen LogP contribution in [-0.4, -0.2) is 34.0 Å². The third kappa shape index (κ3) is 4.38. The fraction of sp³-hybridized carbons (Fsp3) is 0.167. The Morgan fingerprint density at radius 1 is 1.35 bits per heavy atom. The minimum absolute atomic E-state index is 0.0575. The number of carbonyl (C=O) groups excluding carboxylic acids is 1. The van der Waals surface area contributed by atoms with E-state index in [0.717, 1.165) is 5.56 Å². The second-order valence-electron chi connectivity index (χ2n) is 5.43. The molecule has 0 aliphatic carbocycles. The van der Waals surface area contributed by atoms with Gasteiger partial charge in [0.2, 0.25) is 5.91 Å². The van der Waals surface area contributed by atoms with Crippen molar-refractivity contribution in [3.8, 4) is 0 Å². The first-order chi connectivity index (χ1) is 12.6. The molecule has 1 atom stereocenters. The molecule has 0 saturated carbocycles. The fourth-order valence-electron chi connectivity index (χ4n) is 2.41. The monoisotopic (exact) mass is 407 g/mol. The summed E-state index contributed by atoms with van der Waals surface area (Å²) in [6.07, 6.45) is 5.15. The Kier molecular flexibility index (Phi) is 6.19. The molecule has 3 rings (SSSR count). The molecule has 1 amide bonds. The Morgan fingerprint density at radius 3 is 2.92 bits per heavy atom. The molecule has 134 valence electrons. The van der Waals surface area contributed by atoms with Gasteiger partial charge in [0, 0.05) is 16.6 Å². The number of hydrogen-bond acceptors (Lipinski definition) is 5. The molecule has 2 heterocycles. The number of amidine groups is 1. The molecule has 1 aliphatic rings. The second-order valence-corrected chi connectivity index (χ2v) is 7.44. The average molecular weight is 408 g/mol. The topological polar surface area (TPSA) is 58.2 Å². The van der Waals surface area contributed by atoms with Crippen LogP contribution < -0.4 is 0 Å². The third-order valence-corrected chi connectivity index (χ3v) is 5.39. The average Bonchev–Trinajstić information content (AvgIpc) is 3.23. The van der Waals surface area contributed by atoms with Gasteiger partial charge in [0.1, 0.15) is 5.76 Å². The quantitative estimate of drug-likeness (QED) is 0.397. The summed E-state index contributed by atoms with van der Waals surface area (Å²) in [5, 5.41) is 9.51. The highest BCUT2D eigenvalue weighted by atomic mass is 35.5. The van der Waals surface area contributed by atoms with Crippen LogP contribution >= 0.6 is 35.0 Å². The van der Waals surface area contributed by atoms with Crippen molar-refractivity contribution in [2.75, 3.05) is 6.54 Å². The van der Waals surface area contributed by atoms with Gasteiger partial charge in [-0.05, 0) is 42.3 Å². The fourth-order valence-corrected chi connectivity index (χ4v) is 3.93. The lowest BCUT2D eigenvalue weighted by atomic mass is 10.1. The molecule has 8 heteroatoms. The van der Waals surface area contributed by atoms with Gasteiger partial charge in [-0.15, -0.1) is 11.7 Å². The standard InChI is InChI=1S/C18H15Cl2N3O2S/c1-2-7-23-17(24)16(10-12-9-13(19)5-6-15(12)20)26-18(23)22-21-11-14-4-3-8-25-14/h2-6,8-9,11,16H,1,7,10H2. The van der Waals surface area contributed by atoms with Crippen LogP contribution in [0.2, 0.25) is 10.0 Å². The largest absolute Gasteiger partial charge is 0.463 e. The number of rotatable bonds is 6. The lowest BCUT2D eigenvalue weighted by molar-refractivity contribution is -0.125. The lowest BCUT2D eigenvalue weighted by Gasteiger charge is -2.13. The summed E-state index contributed by atoms with van der Waals surface area (Å²) in [7, 11) is 0. The molecular formula is C18H15Cl2N3O2S. The van der Waals surface area contributed by atoms with Gasteiger partial charge in [-0.3, -0.25) is 9.69 Å². The summed E-state index contributed by atoms with van der Waals surface area (Å²) in [5.41, 5.74) is 0.823. The smallest absolute Gasteiger partial charge is 0.242 e. The van der Waals surface area contributed by atoms with Crippen molar-refractivity contribution in [3.05, 3.63) is 70.6 Å². The number of thioether (sulfide) groups is 1. The van der Waals surface area contributed by atoms with Crippen molar-refractivity contribution in [2.24, 2.45) is 10.2 Å². The van der Waals surface area contributed by atoms with Crippen LogP contribution in [0.4, 0.5) is 0 Å². The summed E-state index contributed by atoms with van der Waals surface area (Å²) in [6.45, 7) is 4.06. The van der Waals surface area contributed by atoms with Crippen LogP contribution in [-0.2, 0) is 11.2 Å². The van der Waals surface area contributed by atoms with Gasteiger partial charge in [0.15, 0.2) is 5.17 Å². The first-order valence-electron chi connectivity index (χ1n) is 7.76. The van der Waals surface area contributed by atoms with Gasteiger partial charge in [-0.2, -0.15) is 5.10 Å². The first-order valence-corrected chi connectivity index (χ1v) is 9.39. The minimum atomic E-state index is -0.344. The van der Waals surface area contributed by atoms with Crippen LogP contribution in [0.15, 0.2) is 63.9 Å². The maximum absolute atomic E-state index is 12.7. The minimum Gasteiger partial charge on any atom is -0.463 e. The first kappa shape index (κ1) is 18.8. The Hall–Kier alpha value is -2.02. The Balaban J connectivity index is 1.79.